The number of piperidine rings is 1. The van der Waals surface area contributed by atoms with E-state index in [4.69, 9.17) is 9.15 Å². The maximum atomic E-state index is 12.3. The number of carbonyl (C=O) groups is 1. The van der Waals surface area contributed by atoms with Crippen molar-refractivity contribution < 1.29 is 13.9 Å². The van der Waals surface area contributed by atoms with Crippen LogP contribution in [0.2, 0.25) is 0 Å². The van der Waals surface area contributed by atoms with E-state index in [0.717, 1.165) is 63.3 Å². The predicted octanol–water partition coefficient (Wildman–Crippen LogP) is 4.53. The lowest BCUT2D eigenvalue weighted by atomic mass is 9.88. The number of furan rings is 1. The number of rotatable bonds is 7. The van der Waals surface area contributed by atoms with Gasteiger partial charge in [0.25, 0.3) is 5.91 Å². The maximum Gasteiger partial charge on any atom is 0.251 e. The maximum absolute atomic E-state index is 12.3. The van der Waals surface area contributed by atoms with Gasteiger partial charge in [-0.1, -0.05) is 25.1 Å². The van der Waals surface area contributed by atoms with Gasteiger partial charge in [0, 0.05) is 31.1 Å². The fraction of sp³-hybridized carbons (Fsp3) is 0.560. The fourth-order valence-corrected chi connectivity index (χ4v) is 4.73. The van der Waals surface area contributed by atoms with Crippen LogP contribution < -0.4 is 5.32 Å². The molecule has 0 radical (unpaired) electrons. The smallest absolute Gasteiger partial charge is 0.251 e. The molecule has 2 aliphatic heterocycles. The molecule has 1 aromatic carbocycles. The van der Waals surface area contributed by atoms with Crippen molar-refractivity contribution in [2.75, 3.05) is 26.2 Å². The second kappa shape index (κ2) is 9.36. The third-order valence-electron chi connectivity index (χ3n) is 6.76. The predicted molar refractivity (Wildman–Crippen MR) is 118 cm³/mol. The summed E-state index contributed by atoms with van der Waals surface area (Å²) in [6, 6.07) is 13.5. The number of ether oxygens (including phenoxy) is 1. The summed E-state index contributed by atoms with van der Waals surface area (Å²) >= 11 is 0. The van der Waals surface area contributed by atoms with Gasteiger partial charge in [-0.25, -0.2) is 0 Å². The molecule has 2 aliphatic rings. The van der Waals surface area contributed by atoms with Gasteiger partial charge in [-0.15, -0.1) is 0 Å². The van der Waals surface area contributed by atoms with Gasteiger partial charge in [-0.05, 0) is 69.8 Å². The summed E-state index contributed by atoms with van der Waals surface area (Å²) in [5, 5.41) is 3.04. The molecule has 2 fully saturated rings. The first-order valence-corrected chi connectivity index (χ1v) is 11.3. The van der Waals surface area contributed by atoms with Crippen molar-refractivity contribution in [2.45, 2.75) is 63.6 Å². The van der Waals surface area contributed by atoms with E-state index in [1.165, 1.54) is 0 Å². The second-order valence-corrected chi connectivity index (χ2v) is 9.02. The molecule has 5 nitrogen and oxygen atoms in total. The van der Waals surface area contributed by atoms with Crippen LogP contribution in [0.4, 0.5) is 0 Å². The Morgan fingerprint density at radius 2 is 1.93 bits per heavy atom. The second-order valence-electron chi connectivity index (χ2n) is 9.02. The fourth-order valence-electron chi connectivity index (χ4n) is 4.73. The third kappa shape index (κ3) is 5.13. The largest absolute Gasteiger partial charge is 0.466 e. The minimum Gasteiger partial charge on any atom is -0.466 e. The number of likely N-dealkylation sites (tertiary alicyclic amines) is 1. The Labute approximate surface area is 179 Å². The average Bonchev–Trinajstić information content (AvgIpc) is 3.38. The number of benzene rings is 1. The molecular weight excluding hydrogens is 376 g/mol. The first-order chi connectivity index (χ1) is 14.5. The van der Waals surface area contributed by atoms with E-state index < -0.39 is 0 Å². The molecule has 1 spiro atoms. The van der Waals surface area contributed by atoms with Gasteiger partial charge in [0.1, 0.15) is 11.5 Å². The summed E-state index contributed by atoms with van der Waals surface area (Å²) < 4.78 is 12.2. The van der Waals surface area contributed by atoms with E-state index in [2.05, 4.69) is 23.2 Å². The highest BCUT2D eigenvalue weighted by molar-refractivity contribution is 5.94. The molecule has 4 rings (SSSR count). The zero-order chi connectivity index (χ0) is 21.0. The minimum atomic E-state index is -0.0177. The molecule has 1 aromatic heterocycles. The topological polar surface area (TPSA) is 54.7 Å². The molecule has 0 aliphatic carbocycles. The number of nitrogens with zero attached hydrogens (tertiary/aromatic N) is 1. The van der Waals surface area contributed by atoms with Crippen LogP contribution in [0.3, 0.4) is 0 Å². The standard InChI is InChI=1S/C25H34N2O3/c1-19(23-9-8-20(2)29-23)11-15-27-16-13-25(14-17-27)12-10-22(30-25)18-26-24(28)21-6-4-3-5-7-21/h3-9,19,22H,10-18H2,1-2H3,(H,26,28). The molecule has 1 N–H and O–H groups in total. The lowest BCUT2D eigenvalue weighted by molar-refractivity contribution is -0.0755. The van der Waals surface area contributed by atoms with Crippen molar-refractivity contribution in [1.29, 1.82) is 0 Å². The zero-order valence-corrected chi connectivity index (χ0v) is 18.2. The highest BCUT2D eigenvalue weighted by atomic mass is 16.5. The Morgan fingerprint density at radius 1 is 1.17 bits per heavy atom. The van der Waals surface area contributed by atoms with Crippen LogP contribution >= 0.6 is 0 Å². The zero-order valence-electron chi connectivity index (χ0n) is 18.2. The van der Waals surface area contributed by atoms with Crippen molar-refractivity contribution in [1.82, 2.24) is 10.2 Å². The SMILES string of the molecule is Cc1ccc(C(C)CCN2CCC3(CCC(CNC(=O)c4ccccc4)O3)CC2)o1. The average molecular weight is 411 g/mol. The van der Waals surface area contributed by atoms with Crippen molar-refractivity contribution in [3.05, 3.63) is 59.5 Å². The normalized spacial score (nSPS) is 22.3. The van der Waals surface area contributed by atoms with Gasteiger partial charge >= 0.3 is 0 Å². The molecule has 30 heavy (non-hydrogen) atoms. The van der Waals surface area contributed by atoms with Gasteiger partial charge in [0.15, 0.2) is 0 Å². The lowest BCUT2D eigenvalue weighted by Gasteiger charge is -2.39. The van der Waals surface area contributed by atoms with Gasteiger partial charge < -0.3 is 19.4 Å². The van der Waals surface area contributed by atoms with Crippen LogP contribution in [0.5, 0.6) is 0 Å². The van der Waals surface area contributed by atoms with Gasteiger partial charge in [-0.2, -0.15) is 0 Å². The quantitative estimate of drug-likeness (QED) is 0.729. The van der Waals surface area contributed by atoms with E-state index >= 15 is 0 Å². The van der Waals surface area contributed by atoms with Crippen LogP contribution in [0.1, 0.15) is 66.8 Å². The molecule has 162 valence electrons. The molecular formula is C25H34N2O3. The Kier molecular flexibility index (Phi) is 6.59. The van der Waals surface area contributed by atoms with Gasteiger partial charge in [-0.3, -0.25) is 4.79 Å². The van der Waals surface area contributed by atoms with E-state index in [1.54, 1.807) is 0 Å². The first-order valence-electron chi connectivity index (χ1n) is 11.3. The molecule has 0 bridgehead atoms. The van der Waals surface area contributed by atoms with Crippen LogP contribution in [-0.2, 0) is 4.74 Å². The number of hydrogen-bond acceptors (Lipinski definition) is 4. The summed E-state index contributed by atoms with van der Waals surface area (Å²) in [6.07, 6.45) is 5.56. The highest BCUT2D eigenvalue weighted by Crippen LogP contribution is 2.39. The molecule has 2 atom stereocenters. The molecule has 3 heterocycles. The van der Waals surface area contributed by atoms with Crippen molar-refractivity contribution in [3.63, 3.8) is 0 Å². The highest BCUT2D eigenvalue weighted by Gasteiger charge is 2.42. The molecule has 2 aromatic rings. The van der Waals surface area contributed by atoms with Crippen molar-refractivity contribution in [2.24, 2.45) is 0 Å². The monoisotopic (exact) mass is 410 g/mol. The third-order valence-corrected chi connectivity index (χ3v) is 6.76. The molecule has 2 saturated heterocycles. The van der Waals surface area contributed by atoms with Crippen molar-refractivity contribution >= 4 is 5.91 Å². The first kappa shape index (κ1) is 21.1. The Balaban J connectivity index is 1.18. The minimum absolute atomic E-state index is 0.0163. The summed E-state index contributed by atoms with van der Waals surface area (Å²) in [5.74, 6) is 2.52. The van der Waals surface area contributed by atoms with Gasteiger partial charge in [0.05, 0.1) is 11.7 Å². The van der Waals surface area contributed by atoms with Gasteiger partial charge in [0.2, 0.25) is 0 Å². The summed E-state index contributed by atoms with van der Waals surface area (Å²) in [5.41, 5.74) is 0.722. The van der Waals surface area contributed by atoms with E-state index in [9.17, 15) is 4.79 Å². The Hall–Kier alpha value is -2.11. The summed E-state index contributed by atoms with van der Waals surface area (Å²) in [6.45, 7) is 8.13. The molecule has 1 amide bonds. The van der Waals surface area contributed by atoms with Crippen LogP contribution in [0, 0.1) is 6.92 Å². The van der Waals surface area contributed by atoms with Crippen LogP contribution in [0.15, 0.2) is 46.9 Å². The number of nitrogens with one attached hydrogen (secondary N) is 1. The number of carbonyl (C=O) groups excluding carboxylic acids is 1. The molecule has 2 unspecified atom stereocenters. The summed E-state index contributed by atoms with van der Waals surface area (Å²) in [7, 11) is 0. The van der Waals surface area contributed by atoms with Crippen molar-refractivity contribution in [3.8, 4) is 0 Å². The van der Waals surface area contributed by atoms with E-state index in [0.29, 0.717) is 18.0 Å². The number of amides is 1. The number of hydrogen-bond donors (Lipinski definition) is 1. The van der Waals surface area contributed by atoms with Crippen LogP contribution in [0.25, 0.3) is 0 Å². The Bertz CT molecular complexity index is 824. The lowest BCUT2D eigenvalue weighted by Crippen LogP contribution is -2.45. The number of aryl methyl sites for hydroxylation is 1. The Morgan fingerprint density at radius 3 is 2.63 bits per heavy atom. The molecule has 0 saturated carbocycles. The van der Waals surface area contributed by atoms with Crippen LogP contribution in [-0.4, -0.2) is 48.7 Å². The summed E-state index contributed by atoms with van der Waals surface area (Å²) in [4.78, 5) is 14.8. The molecule has 5 heteroatoms. The van der Waals surface area contributed by atoms with E-state index in [1.807, 2.05) is 43.3 Å². The van der Waals surface area contributed by atoms with E-state index in [-0.39, 0.29) is 17.6 Å².